The summed E-state index contributed by atoms with van der Waals surface area (Å²) in [6.45, 7) is 9.34. The van der Waals surface area contributed by atoms with Gasteiger partial charge in [0, 0.05) is 17.7 Å². The Bertz CT molecular complexity index is 718. The van der Waals surface area contributed by atoms with Gasteiger partial charge in [0.2, 0.25) is 0 Å². The standard InChI is InChI=1S/C24H40N4O/c1-5-6-7-8-9-10-11-12-13-14-18-29-20-16-15-17-26-23(20)28-22(25)19-21(27-28)24(2,3)4/h15-17,19H,5-14,18,25H2,1-4H3. The number of rotatable bonds is 13. The molecule has 0 spiro atoms. The lowest BCUT2D eigenvalue weighted by atomic mass is 9.92. The van der Waals surface area contributed by atoms with Crippen molar-refractivity contribution in [3.8, 4) is 11.6 Å². The van der Waals surface area contributed by atoms with Crippen molar-refractivity contribution in [2.24, 2.45) is 0 Å². The lowest BCUT2D eigenvalue weighted by molar-refractivity contribution is 0.301. The largest absolute Gasteiger partial charge is 0.490 e. The molecule has 0 aliphatic carbocycles. The second kappa shape index (κ2) is 11.8. The van der Waals surface area contributed by atoms with Gasteiger partial charge in [-0.3, -0.25) is 0 Å². The van der Waals surface area contributed by atoms with E-state index in [1.54, 1.807) is 10.9 Å². The van der Waals surface area contributed by atoms with Gasteiger partial charge in [0.15, 0.2) is 11.6 Å². The molecule has 5 heteroatoms. The maximum absolute atomic E-state index is 6.20. The third-order valence-electron chi connectivity index (χ3n) is 5.21. The van der Waals surface area contributed by atoms with Crippen LogP contribution in [-0.2, 0) is 5.41 Å². The van der Waals surface area contributed by atoms with Crippen molar-refractivity contribution in [3.63, 3.8) is 0 Å². The first-order valence-electron chi connectivity index (χ1n) is 11.4. The number of aromatic nitrogens is 3. The number of unbranched alkanes of at least 4 members (excludes halogenated alkanes) is 9. The molecule has 0 unspecified atom stereocenters. The molecule has 29 heavy (non-hydrogen) atoms. The van der Waals surface area contributed by atoms with Crippen molar-refractivity contribution in [3.05, 3.63) is 30.1 Å². The van der Waals surface area contributed by atoms with Gasteiger partial charge in [0.05, 0.1) is 12.3 Å². The monoisotopic (exact) mass is 400 g/mol. The van der Waals surface area contributed by atoms with E-state index in [4.69, 9.17) is 10.5 Å². The average Bonchev–Trinajstić information content (AvgIpc) is 3.08. The Morgan fingerprint density at radius 2 is 1.59 bits per heavy atom. The summed E-state index contributed by atoms with van der Waals surface area (Å²) in [5.41, 5.74) is 7.09. The van der Waals surface area contributed by atoms with Crippen LogP contribution in [0.25, 0.3) is 5.82 Å². The number of hydrogen-bond acceptors (Lipinski definition) is 4. The number of anilines is 1. The first-order valence-corrected chi connectivity index (χ1v) is 11.4. The molecule has 0 aromatic carbocycles. The van der Waals surface area contributed by atoms with Crippen LogP contribution in [-0.4, -0.2) is 21.4 Å². The molecule has 0 radical (unpaired) electrons. The van der Waals surface area contributed by atoms with Gasteiger partial charge in [-0.25, -0.2) is 4.98 Å². The topological polar surface area (TPSA) is 66.0 Å². The SMILES string of the molecule is CCCCCCCCCCCCOc1cccnc1-n1nc(C(C)(C)C)cc1N. The molecule has 0 atom stereocenters. The number of ether oxygens (including phenoxy) is 1. The zero-order chi connectivity index (χ0) is 21.1. The van der Waals surface area contributed by atoms with Gasteiger partial charge in [0.25, 0.3) is 0 Å². The fraction of sp³-hybridized carbons (Fsp3) is 0.667. The Balaban J connectivity index is 1.77. The Hall–Kier alpha value is -2.04. The summed E-state index contributed by atoms with van der Waals surface area (Å²) < 4.78 is 7.72. The normalized spacial score (nSPS) is 11.7. The highest BCUT2D eigenvalue weighted by Crippen LogP contribution is 2.27. The highest BCUT2D eigenvalue weighted by Gasteiger charge is 2.21. The van der Waals surface area contributed by atoms with Gasteiger partial charge in [-0.05, 0) is 18.6 Å². The van der Waals surface area contributed by atoms with Gasteiger partial charge >= 0.3 is 0 Å². The van der Waals surface area contributed by atoms with E-state index in [1.165, 1.54) is 57.8 Å². The molecule has 0 saturated heterocycles. The van der Waals surface area contributed by atoms with Crippen LogP contribution in [0.1, 0.15) is 97.6 Å². The number of nitrogens with two attached hydrogens (primary N) is 1. The quantitative estimate of drug-likeness (QED) is 0.393. The van der Waals surface area contributed by atoms with Gasteiger partial charge in [0.1, 0.15) is 5.82 Å². The molecule has 0 amide bonds. The summed E-state index contributed by atoms with van der Waals surface area (Å²) >= 11 is 0. The molecule has 2 aromatic heterocycles. The molecule has 0 aliphatic heterocycles. The summed E-state index contributed by atoms with van der Waals surface area (Å²) in [7, 11) is 0. The lowest BCUT2D eigenvalue weighted by Crippen LogP contribution is -2.13. The van der Waals surface area contributed by atoms with Crippen LogP contribution in [0.3, 0.4) is 0 Å². The Morgan fingerprint density at radius 1 is 0.966 bits per heavy atom. The third-order valence-corrected chi connectivity index (χ3v) is 5.21. The first-order chi connectivity index (χ1) is 13.9. The maximum Gasteiger partial charge on any atom is 0.198 e. The Morgan fingerprint density at radius 3 is 2.17 bits per heavy atom. The van der Waals surface area contributed by atoms with Gasteiger partial charge < -0.3 is 10.5 Å². The summed E-state index contributed by atoms with van der Waals surface area (Å²) in [4.78, 5) is 4.47. The predicted molar refractivity (Wildman–Crippen MR) is 122 cm³/mol. The second-order valence-corrected chi connectivity index (χ2v) is 8.97. The van der Waals surface area contributed by atoms with E-state index in [0.29, 0.717) is 18.2 Å². The molecule has 2 rings (SSSR count). The highest BCUT2D eigenvalue weighted by molar-refractivity contribution is 5.47. The fourth-order valence-corrected chi connectivity index (χ4v) is 3.36. The zero-order valence-electron chi connectivity index (χ0n) is 18.9. The summed E-state index contributed by atoms with van der Waals surface area (Å²) in [6, 6.07) is 5.75. The Labute approximate surface area is 177 Å². The van der Waals surface area contributed by atoms with Crippen LogP contribution >= 0.6 is 0 Å². The third kappa shape index (κ3) is 7.71. The van der Waals surface area contributed by atoms with E-state index in [0.717, 1.165) is 17.9 Å². The van der Waals surface area contributed by atoms with Crippen molar-refractivity contribution >= 4 is 5.82 Å². The molecule has 2 N–H and O–H groups in total. The highest BCUT2D eigenvalue weighted by atomic mass is 16.5. The van der Waals surface area contributed by atoms with E-state index in [1.807, 2.05) is 18.2 Å². The smallest absolute Gasteiger partial charge is 0.198 e. The number of nitrogens with zero attached hydrogens (tertiary/aromatic N) is 3. The fourth-order valence-electron chi connectivity index (χ4n) is 3.36. The van der Waals surface area contributed by atoms with Crippen molar-refractivity contribution in [2.45, 2.75) is 97.3 Å². The van der Waals surface area contributed by atoms with Crippen molar-refractivity contribution < 1.29 is 4.74 Å². The minimum absolute atomic E-state index is 0.0643. The molecule has 0 fully saturated rings. The minimum atomic E-state index is -0.0643. The van der Waals surface area contributed by atoms with E-state index < -0.39 is 0 Å². The minimum Gasteiger partial charge on any atom is -0.490 e. The van der Waals surface area contributed by atoms with Crippen molar-refractivity contribution in [1.82, 2.24) is 14.8 Å². The van der Waals surface area contributed by atoms with Crippen LogP contribution in [0.15, 0.2) is 24.4 Å². The van der Waals surface area contributed by atoms with Gasteiger partial charge in [-0.15, -0.1) is 0 Å². The van der Waals surface area contributed by atoms with Crippen LogP contribution < -0.4 is 10.5 Å². The molecule has 0 aliphatic rings. The van der Waals surface area contributed by atoms with E-state index >= 15 is 0 Å². The van der Waals surface area contributed by atoms with Crippen LogP contribution in [0.2, 0.25) is 0 Å². The summed E-state index contributed by atoms with van der Waals surface area (Å²) in [6.07, 6.45) is 14.9. The summed E-state index contributed by atoms with van der Waals surface area (Å²) in [5.74, 6) is 1.98. The van der Waals surface area contributed by atoms with Crippen molar-refractivity contribution in [1.29, 1.82) is 0 Å². The lowest BCUT2D eigenvalue weighted by Gasteiger charge is -2.14. The number of pyridine rings is 1. The molecule has 5 nitrogen and oxygen atoms in total. The van der Waals surface area contributed by atoms with E-state index in [9.17, 15) is 0 Å². The molecule has 162 valence electrons. The van der Waals surface area contributed by atoms with Crippen LogP contribution in [0.4, 0.5) is 5.82 Å². The molecule has 2 aromatic rings. The number of nitrogen functional groups attached to an aromatic ring is 1. The average molecular weight is 401 g/mol. The molecular formula is C24H40N4O. The van der Waals surface area contributed by atoms with E-state index in [2.05, 4.69) is 37.8 Å². The molecular weight excluding hydrogens is 360 g/mol. The van der Waals surface area contributed by atoms with Crippen LogP contribution in [0.5, 0.6) is 5.75 Å². The van der Waals surface area contributed by atoms with Crippen molar-refractivity contribution in [2.75, 3.05) is 12.3 Å². The van der Waals surface area contributed by atoms with E-state index in [-0.39, 0.29) is 5.41 Å². The molecule has 0 saturated carbocycles. The second-order valence-electron chi connectivity index (χ2n) is 8.97. The number of hydrogen-bond donors (Lipinski definition) is 1. The molecule has 0 bridgehead atoms. The molecule has 2 heterocycles. The first kappa shape index (κ1) is 23.2. The van der Waals surface area contributed by atoms with Gasteiger partial charge in [-0.2, -0.15) is 9.78 Å². The summed E-state index contributed by atoms with van der Waals surface area (Å²) in [5, 5.41) is 4.67. The Kier molecular flexibility index (Phi) is 9.49. The van der Waals surface area contributed by atoms with Gasteiger partial charge in [-0.1, -0.05) is 85.5 Å². The zero-order valence-corrected chi connectivity index (χ0v) is 18.9. The maximum atomic E-state index is 6.20. The van der Waals surface area contributed by atoms with Crippen LogP contribution in [0, 0.1) is 0 Å². The predicted octanol–water partition coefficient (Wildman–Crippen LogP) is 6.45.